The predicted octanol–water partition coefficient (Wildman–Crippen LogP) is 4.53. The molecule has 0 aromatic rings. The Morgan fingerprint density at radius 1 is 0.864 bits per heavy atom. The molecule has 0 aliphatic heterocycles. The van der Waals surface area contributed by atoms with Gasteiger partial charge >= 0.3 is 146 Å². The zero-order valence-corrected chi connectivity index (χ0v) is 19.1. The van der Waals surface area contributed by atoms with E-state index in [1.54, 1.807) is 0 Å². The van der Waals surface area contributed by atoms with Crippen LogP contribution in [0.3, 0.4) is 0 Å². The summed E-state index contributed by atoms with van der Waals surface area (Å²) in [5, 5.41) is 0. The van der Waals surface area contributed by atoms with Crippen LogP contribution in [0.25, 0.3) is 0 Å². The first-order valence-electron chi connectivity index (χ1n) is 8.80. The van der Waals surface area contributed by atoms with E-state index in [4.69, 9.17) is 5.32 Å². The fourth-order valence-electron chi connectivity index (χ4n) is 3.27. The Morgan fingerprint density at radius 2 is 1.27 bits per heavy atom. The van der Waals surface area contributed by atoms with Gasteiger partial charge in [0.1, 0.15) is 0 Å². The van der Waals surface area contributed by atoms with Gasteiger partial charge in [0.2, 0.25) is 0 Å². The second kappa shape index (κ2) is 10.7. The molecule has 0 aliphatic carbocycles. The summed E-state index contributed by atoms with van der Waals surface area (Å²) in [6, 6.07) is 2.92. The molecule has 6 heteroatoms. The fourth-order valence-corrected chi connectivity index (χ4v) is 16.6. The van der Waals surface area contributed by atoms with Crippen molar-refractivity contribution in [3.63, 3.8) is 0 Å². The van der Waals surface area contributed by atoms with E-state index in [0.717, 1.165) is 31.0 Å². The molecule has 0 amide bonds. The summed E-state index contributed by atoms with van der Waals surface area (Å²) in [5.74, 6) is 1.51. The van der Waals surface area contributed by atoms with E-state index >= 15 is 0 Å². The molecule has 0 bridgehead atoms. The number of hydrogen-bond acceptors (Lipinski definition) is 4. The van der Waals surface area contributed by atoms with E-state index in [-0.39, 0.29) is 0 Å². The molecule has 2 N–H and O–H groups in total. The third kappa shape index (κ3) is 10.7. The Bertz CT molecular complexity index is 269. The van der Waals surface area contributed by atoms with Crippen molar-refractivity contribution >= 4 is 8.32 Å². The molecule has 0 saturated carbocycles. The normalized spacial score (nSPS) is 13.6. The third-order valence-electron chi connectivity index (χ3n) is 3.48. The maximum absolute atomic E-state index is 10.4. The first kappa shape index (κ1) is 22.9. The second-order valence-corrected chi connectivity index (χ2v) is 16.5. The van der Waals surface area contributed by atoms with Gasteiger partial charge in [-0.2, -0.15) is 0 Å². The van der Waals surface area contributed by atoms with Crippen LogP contribution >= 0.6 is 0 Å². The standard InChI is InChI=1S/C12H27OSi.C4H9O.2H2O.Zr/c1-10(2)7-14(13,8-11(3)4)9-12(5)6;1-2-3-4-5;;;/h10-12H,7-9H2,1-6H3;2-4H2,1H3;2*1H2;/q2*-1;;;+4/p-2. The average Bonchev–Trinajstić information content (AvgIpc) is 2.23. The van der Waals surface area contributed by atoms with Gasteiger partial charge in [-0.15, -0.1) is 0 Å². The Hall–Kier alpha value is 0.940. The van der Waals surface area contributed by atoms with Crippen LogP contribution < -0.4 is 0 Å². The molecule has 0 saturated heterocycles. The van der Waals surface area contributed by atoms with E-state index < -0.39 is 30.3 Å². The summed E-state index contributed by atoms with van der Waals surface area (Å²) in [6.45, 7) is 15.6. The van der Waals surface area contributed by atoms with Crippen LogP contribution in [0.5, 0.6) is 0 Å². The van der Waals surface area contributed by atoms with Crippen LogP contribution in [-0.2, 0) is 27.3 Å². The molecular formula is C16H38O4SiZr. The summed E-state index contributed by atoms with van der Waals surface area (Å²) >= 11 is -4.82. The first-order valence-corrected chi connectivity index (χ1v) is 15.5. The van der Waals surface area contributed by atoms with Gasteiger partial charge in [0.25, 0.3) is 0 Å². The molecule has 0 atom stereocenters. The van der Waals surface area contributed by atoms with Crippen molar-refractivity contribution in [2.45, 2.75) is 79.4 Å². The van der Waals surface area contributed by atoms with Crippen molar-refractivity contribution in [2.75, 3.05) is 6.61 Å². The number of hydrogen-bond donors (Lipinski definition) is 2. The Labute approximate surface area is 145 Å². The van der Waals surface area contributed by atoms with Crippen LogP contribution in [0, 0.1) is 17.8 Å². The van der Waals surface area contributed by atoms with E-state index in [1.807, 2.05) is 0 Å². The van der Waals surface area contributed by atoms with Crippen LogP contribution in [-0.4, -0.2) is 21.3 Å². The van der Waals surface area contributed by atoms with Crippen molar-refractivity contribution in [2.24, 2.45) is 17.8 Å². The van der Waals surface area contributed by atoms with Gasteiger partial charge in [-0.3, -0.25) is 0 Å². The average molecular weight is 414 g/mol. The summed E-state index contributed by atoms with van der Waals surface area (Å²) in [6.07, 6.45) is 1.82. The van der Waals surface area contributed by atoms with Gasteiger partial charge in [0, 0.05) is 0 Å². The van der Waals surface area contributed by atoms with Crippen molar-refractivity contribution < 1.29 is 33.7 Å². The molecule has 0 radical (unpaired) electrons. The Morgan fingerprint density at radius 3 is 1.59 bits per heavy atom. The maximum atomic E-state index is 10.4. The topological polar surface area (TPSA) is 58.9 Å². The van der Waals surface area contributed by atoms with E-state index in [0.29, 0.717) is 24.4 Å². The monoisotopic (exact) mass is 412 g/mol. The van der Waals surface area contributed by atoms with E-state index in [1.165, 1.54) is 0 Å². The van der Waals surface area contributed by atoms with Crippen molar-refractivity contribution in [1.82, 2.24) is 0 Å². The van der Waals surface area contributed by atoms with Crippen LogP contribution in [0.4, 0.5) is 0 Å². The zero-order chi connectivity index (χ0) is 17.4. The summed E-state index contributed by atoms with van der Waals surface area (Å²) in [7, 11) is -2.21. The molecule has 22 heavy (non-hydrogen) atoms. The Balaban J connectivity index is 5.14. The van der Waals surface area contributed by atoms with Gasteiger partial charge in [-0.05, 0) is 0 Å². The predicted molar refractivity (Wildman–Crippen MR) is 91.1 cm³/mol. The van der Waals surface area contributed by atoms with Crippen LogP contribution in [0.2, 0.25) is 18.1 Å². The first-order chi connectivity index (χ1) is 10.0. The molecule has 0 fully saturated rings. The minimum atomic E-state index is -4.82. The SMILES string of the molecule is CCCC[O][Zr]([OH])([OH])[O][Si](CC(C)C)(CC(C)C)CC(C)C. The Kier molecular flexibility index (Phi) is 11.2. The molecule has 0 heterocycles. The van der Waals surface area contributed by atoms with E-state index in [2.05, 4.69) is 48.5 Å². The van der Waals surface area contributed by atoms with Crippen LogP contribution in [0.15, 0.2) is 0 Å². The molecular weight excluding hydrogens is 375 g/mol. The molecule has 0 unspecified atom stereocenters. The second-order valence-electron chi connectivity index (χ2n) is 7.83. The molecule has 0 spiro atoms. The number of unbranched alkanes of at least 4 members (excludes halogenated alkanes) is 1. The van der Waals surface area contributed by atoms with E-state index in [9.17, 15) is 6.37 Å². The molecule has 4 nitrogen and oxygen atoms in total. The zero-order valence-electron chi connectivity index (χ0n) is 15.7. The van der Waals surface area contributed by atoms with Crippen molar-refractivity contribution in [3.05, 3.63) is 0 Å². The van der Waals surface area contributed by atoms with Crippen LogP contribution in [0.1, 0.15) is 61.3 Å². The quantitative estimate of drug-likeness (QED) is 0.364. The summed E-state index contributed by atoms with van der Waals surface area (Å²) in [4.78, 5) is 0. The van der Waals surface area contributed by atoms with Gasteiger partial charge in [0.05, 0.1) is 0 Å². The summed E-state index contributed by atoms with van der Waals surface area (Å²) < 4.78 is 32.3. The fraction of sp³-hybridized carbons (Fsp3) is 1.00. The molecule has 0 aromatic carbocycles. The minimum absolute atomic E-state index is 0.398. The van der Waals surface area contributed by atoms with Gasteiger partial charge in [0.15, 0.2) is 0 Å². The van der Waals surface area contributed by atoms with Crippen molar-refractivity contribution in [3.8, 4) is 0 Å². The van der Waals surface area contributed by atoms with Gasteiger partial charge < -0.3 is 0 Å². The molecule has 0 aromatic heterocycles. The molecule has 134 valence electrons. The van der Waals surface area contributed by atoms with Gasteiger partial charge in [-0.1, -0.05) is 0 Å². The van der Waals surface area contributed by atoms with Gasteiger partial charge in [-0.25, -0.2) is 0 Å². The summed E-state index contributed by atoms with van der Waals surface area (Å²) in [5.41, 5.74) is 0. The number of rotatable bonds is 12. The third-order valence-corrected chi connectivity index (χ3v) is 15.4. The molecule has 0 aliphatic rings. The molecule has 0 rings (SSSR count). The van der Waals surface area contributed by atoms with Crippen molar-refractivity contribution in [1.29, 1.82) is 0 Å².